The van der Waals surface area contributed by atoms with Crippen molar-refractivity contribution >= 4 is 33.7 Å². The fourth-order valence-corrected chi connectivity index (χ4v) is 1.88. The van der Waals surface area contributed by atoms with Gasteiger partial charge < -0.3 is 4.74 Å². The highest BCUT2D eigenvalue weighted by molar-refractivity contribution is 6.69. The highest BCUT2D eigenvalue weighted by Gasteiger charge is 2.19. The Morgan fingerprint density at radius 1 is 1.19 bits per heavy atom. The number of halogens is 2. The first-order chi connectivity index (χ1) is 7.52. The molecule has 16 heavy (non-hydrogen) atoms. The van der Waals surface area contributed by atoms with E-state index in [0.29, 0.717) is 23.3 Å². The summed E-state index contributed by atoms with van der Waals surface area (Å²) in [5.41, 5.74) is 1.17. The van der Waals surface area contributed by atoms with Crippen LogP contribution in [0.15, 0.2) is 12.1 Å². The van der Waals surface area contributed by atoms with Crippen molar-refractivity contribution in [1.29, 1.82) is 0 Å². The predicted molar refractivity (Wildman–Crippen MR) is 62.7 cm³/mol. The molecule has 3 nitrogen and oxygen atoms in total. The van der Waals surface area contributed by atoms with Crippen molar-refractivity contribution in [2.45, 2.75) is 13.3 Å². The smallest absolute Gasteiger partial charge is 0.256 e. The van der Waals surface area contributed by atoms with E-state index in [1.807, 2.05) is 6.92 Å². The first-order valence-electron chi connectivity index (χ1n) is 4.62. The SMILES string of the molecule is CCc1c(C(=O)Cl)ccc(C(=O)Cl)c1OC. The minimum Gasteiger partial charge on any atom is -0.496 e. The van der Waals surface area contributed by atoms with Gasteiger partial charge in [0.1, 0.15) is 5.75 Å². The molecule has 1 aromatic rings. The fourth-order valence-electron chi connectivity index (χ4n) is 1.55. The molecule has 0 bridgehead atoms. The van der Waals surface area contributed by atoms with Crippen LogP contribution < -0.4 is 4.74 Å². The van der Waals surface area contributed by atoms with Crippen LogP contribution in [-0.2, 0) is 6.42 Å². The average Bonchev–Trinajstić information content (AvgIpc) is 2.26. The molecule has 0 saturated heterocycles. The number of carbonyl (C=O) groups excluding carboxylic acids is 2. The van der Waals surface area contributed by atoms with Crippen LogP contribution in [0.3, 0.4) is 0 Å². The summed E-state index contributed by atoms with van der Waals surface area (Å²) in [5.74, 6) is 0.314. The molecule has 0 radical (unpaired) electrons. The van der Waals surface area contributed by atoms with Gasteiger partial charge in [-0.15, -0.1) is 0 Å². The van der Waals surface area contributed by atoms with Crippen molar-refractivity contribution in [3.63, 3.8) is 0 Å². The van der Waals surface area contributed by atoms with Crippen molar-refractivity contribution < 1.29 is 14.3 Å². The number of carbonyl (C=O) groups is 2. The van der Waals surface area contributed by atoms with Gasteiger partial charge in [0.25, 0.3) is 10.5 Å². The van der Waals surface area contributed by atoms with Crippen LogP contribution in [0.5, 0.6) is 5.75 Å². The molecule has 0 spiro atoms. The Morgan fingerprint density at radius 2 is 1.69 bits per heavy atom. The quantitative estimate of drug-likeness (QED) is 0.782. The lowest BCUT2D eigenvalue weighted by molar-refractivity contribution is 0.106. The lowest BCUT2D eigenvalue weighted by atomic mass is 10.0. The molecular weight excluding hydrogens is 251 g/mol. The largest absolute Gasteiger partial charge is 0.496 e. The molecule has 0 unspecified atom stereocenters. The Bertz CT molecular complexity index is 400. The summed E-state index contributed by atoms with van der Waals surface area (Å²) >= 11 is 10.8. The monoisotopic (exact) mass is 260 g/mol. The van der Waals surface area contributed by atoms with Crippen molar-refractivity contribution in [2.75, 3.05) is 7.11 Å². The zero-order valence-electron chi connectivity index (χ0n) is 8.84. The highest BCUT2D eigenvalue weighted by atomic mass is 35.5. The van der Waals surface area contributed by atoms with Gasteiger partial charge in [-0.1, -0.05) is 6.92 Å². The zero-order chi connectivity index (χ0) is 12.3. The molecule has 86 valence electrons. The number of hydrogen-bond acceptors (Lipinski definition) is 3. The molecule has 0 aliphatic carbocycles. The number of hydrogen-bond donors (Lipinski definition) is 0. The number of benzene rings is 1. The van der Waals surface area contributed by atoms with E-state index in [4.69, 9.17) is 27.9 Å². The molecule has 1 rings (SSSR count). The molecule has 0 amide bonds. The van der Waals surface area contributed by atoms with Crippen molar-refractivity contribution in [3.8, 4) is 5.75 Å². The maximum Gasteiger partial charge on any atom is 0.256 e. The van der Waals surface area contributed by atoms with Gasteiger partial charge in [-0.25, -0.2) is 0 Å². The predicted octanol–water partition coefficient (Wildman–Crippen LogP) is 3.02. The number of methoxy groups -OCH3 is 1. The standard InChI is InChI=1S/C11H10Cl2O3/c1-3-6-7(10(12)14)4-5-8(11(13)15)9(6)16-2/h4-5H,3H2,1-2H3. The lowest BCUT2D eigenvalue weighted by Gasteiger charge is -2.12. The Labute approximate surface area is 103 Å². The molecule has 0 aromatic heterocycles. The minimum absolute atomic E-state index is 0.239. The molecule has 5 heteroatoms. The van der Waals surface area contributed by atoms with Crippen LogP contribution in [0, 0.1) is 0 Å². The van der Waals surface area contributed by atoms with E-state index in [1.165, 1.54) is 19.2 Å². The van der Waals surface area contributed by atoms with Gasteiger partial charge in [0.05, 0.1) is 12.7 Å². The number of rotatable bonds is 4. The summed E-state index contributed by atoms with van der Waals surface area (Å²) in [6.07, 6.45) is 0.523. The van der Waals surface area contributed by atoms with E-state index in [9.17, 15) is 9.59 Å². The second-order valence-electron chi connectivity index (χ2n) is 3.07. The van der Waals surface area contributed by atoms with Gasteiger partial charge in [0.2, 0.25) is 0 Å². The summed E-state index contributed by atoms with van der Waals surface area (Å²) in [5, 5.41) is -1.20. The molecule has 0 saturated carbocycles. The van der Waals surface area contributed by atoms with E-state index in [0.717, 1.165) is 0 Å². The normalized spacial score (nSPS) is 10.0. The molecule has 1 aromatic carbocycles. The Balaban J connectivity index is 3.52. The van der Waals surface area contributed by atoms with E-state index >= 15 is 0 Å². The molecule has 0 heterocycles. The summed E-state index contributed by atoms with van der Waals surface area (Å²) < 4.78 is 5.10. The van der Waals surface area contributed by atoms with Crippen LogP contribution in [-0.4, -0.2) is 17.6 Å². The molecule has 0 N–H and O–H groups in total. The van der Waals surface area contributed by atoms with Crippen LogP contribution in [0.25, 0.3) is 0 Å². The van der Waals surface area contributed by atoms with E-state index in [-0.39, 0.29) is 5.56 Å². The maximum absolute atomic E-state index is 11.2. The van der Waals surface area contributed by atoms with E-state index in [1.54, 1.807) is 0 Å². The maximum atomic E-state index is 11.2. The first-order valence-corrected chi connectivity index (χ1v) is 5.38. The van der Waals surface area contributed by atoms with Crippen LogP contribution in [0.2, 0.25) is 0 Å². The lowest BCUT2D eigenvalue weighted by Crippen LogP contribution is -2.05. The molecule has 0 fully saturated rings. The van der Waals surface area contributed by atoms with Gasteiger partial charge in [0.15, 0.2) is 0 Å². The molecule has 0 atom stereocenters. The molecule has 0 aliphatic rings. The fraction of sp³-hybridized carbons (Fsp3) is 0.273. The number of ether oxygens (including phenoxy) is 1. The second kappa shape index (κ2) is 5.32. The summed E-state index contributed by atoms with van der Waals surface area (Å²) in [6, 6.07) is 2.91. The summed E-state index contributed by atoms with van der Waals surface area (Å²) in [4.78, 5) is 22.3. The Morgan fingerprint density at radius 3 is 2.06 bits per heavy atom. The van der Waals surface area contributed by atoms with Crippen molar-refractivity contribution in [3.05, 3.63) is 28.8 Å². The third kappa shape index (κ3) is 2.36. The van der Waals surface area contributed by atoms with Gasteiger partial charge in [-0.05, 0) is 41.8 Å². The van der Waals surface area contributed by atoms with Crippen molar-refractivity contribution in [2.24, 2.45) is 0 Å². The van der Waals surface area contributed by atoms with Gasteiger partial charge in [0, 0.05) is 11.1 Å². The van der Waals surface area contributed by atoms with Crippen LogP contribution in [0.4, 0.5) is 0 Å². The van der Waals surface area contributed by atoms with Crippen LogP contribution >= 0.6 is 23.2 Å². The van der Waals surface area contributed by atoms with Gasteiger partial charge >= 0.3 is 0 Å². The Kier molecular flexibility index (Phi) is 4.33. The Hall–Kier alpha value is -1.06. The van der Waals surface area contributed by atoms with E-state index < -0.39 is 10.5 Å². The minimum atomic E-state index is -0.625. The van der Waals surface area contributed by atoms with Gasteiger partial charge in [-0.2, -0.15) is 0 Å². The average molecular weight is 261 g/mol. The topological polar surface area (TPSA) is 43.4 Å². The zero-order valence-corrected chi connectivity index (χ0v) is 10.4. The third-order valence-corrected chi connectivity index (χ3v) is 2.65. The molecular formula is C11H10Cl2O3. The third-order valence-electron chi connectivity index (χ3n) is 2.24. The van der Waals surface area contributed by atoms with Gasteiger partial charge in [-0.3, -0.25) is 9.59 Å². The molecule has 0 aliphatic heterocycles. The van der Waals surface area contributed by atoms with Crippen molar-refractivity contribution in [1.82, 2.24) is 0 Å². The van der Waals surface area contributed by atoms with E-state index in [2.05, 4.69) is 0 Å². The summed E-state index contributed by atoms with van der Waals surface area (Å²) in [6.45, 7) is 1.84. The highest BCUT2D eigenvalue weighted by Crippen LogP contribution is 2.29. The summed E-state index contributed by atoms with van der Waals surface area (Å²) in [7, 11) is 1.42. The first kappa shape index (κ1) is 13.0. The second-order valence-corrected chi connectivity index (χ2v) is 3.76. The van der Waals surface area contributed by atoms with Crippen LogP contribution in [0.1, 0.15) is 33.2 Å².